The van der Waals surface area contributed by atoms with Crippen LogP contribution in [-0.2, 0) is 4.79 Å². The van der Waals surface area contributed by atoms with E-state index in [-0.39, 0.29) is 11.9 Å². The molecule has 0 fully saturated rings. The largest absolute Gasteiger partial charge is 0.356 e. The van der Waals surface area contributed by atoms with Crippen LogP contribution >= 0.6 is 11.8 Å². The molecule has 6 nitrogen and oxygen atoms in total. The lowest BCUT2D eigenvalue weighted by atomic mass is 10.4. The number of hydrogen-bond acceptors (Lipinski definition) is 5. The van der Waals surface area contributed by atoms with Gasteiger partial charge in [-0.15, -0.1) is 10.2 Å². The Morgan fingerprint density at radius 3 is 2.61 bits per heavy atom. The molecule has 0 radical (unpaired) electrons. The molecular weight excluding hydrogens is 250 g/mol. The molecule has 0 aliphatic rings. The zero-order valence-corrected chi connectivity index (χ0v) is 12.4. The zero-order valence-electron chi connectivity index (χ0n) is 11.6. The van der Waals surface area contributed by atoms with Crippen molar-refractivity contribution in [3.8, 4) is 0 Å². The van der Waals surface area contributed by atoms with Crippen molar-refractivity contribution >= 4 is 23.6 Å². The van der Waals surface area contributed by atoms with Crippen LogP contribution in [0.1, 0.15) is 26.8 Å². The predicted molar refractivity (Wildman–Crippen MR) is 74.1 cm³/mol. The number of nitrogens with zero attached hydrogens (tertiary/aromatic N) is 4. The Morgan fingerprint density at radius 1 is 1.44 bits per heavy atom. The van der Waals surface area contributed by atoms with Gasteiger partial charge in [0, 0.05) is 26.7 Å². The summed E-state index contributed by atoms with van der Waals surface area (Å²) in [6, 6.07) is 0.258. The molecular formula is C11H21N5OS. The Balaban J connectivity index is 2.80. The maximum absolute atomic E-state index is 11.4. The molecule has 1 amide bonds. The predicted octanol–water partition coefficient (Wildman–Crippen LogP) is 1.15. The van der Waals surface area contributed by atoms with Crippen molar-refractivity contribution in [2.75, 3.05) is 31.3 Å². The van der Waals surface area contributed by atoms with Gasteiger partial charge in [0.15, 0.2) is 5.16 Å². The lowest BCUT2D eigenvalue weighted by Gasteiger charge is -2.17. The molecule has 0 atom stereocenters. The molecule has 1 rings (SSSR count). The van der Waals surface area contributed by atoms with E-state index in [2.05, 4.69) is 29.4 Å². The smallest absolute Gasteiger partial charge is 0.230 e. The maximum Gasteiger partial charge on any atom is 0.230 e. The van der Waals surface area contributed by atoms with Gasteiger partial charge in [0.05, 0.1) is 5.75 Å². The van der Waals surface area contributed by atoms with Crippen molar-refractivity contribution in [2.45, 2.75) is 32.0 Å². The van der Waals surface area contributed by atoms with E-state index in [0.717, 1.165) is 11.1 Å². The normalized spacial score (nSPS) is 10.8. The first kappa shape index (κ1) is 14.8. The number of nitrogens with one attached hydrogen (secondary N) is 1. The van der Waals surface area contributed by atoms with Crippen LogP contribution in [0.25, 0.3) is 0 Å². The first-order valence-corrected chi connectivity index (χ1v) is 6.97. The fourth-order valence-electron chi connectivity index (χ4n) is 1.50. The van der Waals surface area contributed by atoms with Gasteiger partial charge in [-0.25, -0.2) is 0 Å². The molecule has 1 aromatic heterocycles. The second-order valence-corrected chi connectivity index (χ2v) is 5.33. The summed E-state index contributed by atoms with van der Waals surface area (Å²) in [7, 11) is 3.86. The van der Waals surface area contributed by atoms with Gasteiger partial charge in [-0.2, -0.15) is 0 Å². The van der Waals surface area contributed by atoms with E-state index in [1.807, 2.05) is 30.5 Å². The summed E-state index contributed by atoms with van der Waals surface area (Å²) in [4.78, 5) is 13.4. The average molecular weight is 271 g/mol. The number of hydrogen-bond donors (Lipinski definition) is 1. The van der Waals surface area contributed by atoms with Gasteiger partial charge < -0.3 is 10.2 Å². The van der Waals surface area contributed by atoms with Gasteiger partial charge in [0.25, 0.3) is 0 Å². The second kappa shape index (κ2) is 6.63. The molecule has 1 heterocycles. The van der Waals surface area contributed by atoms with Crippen molar-refractivity contribution in [1.29, 1.82) is 0 Å². The fraction of sp³-hybridized carbons (Fsp3) is 0.727. The highest BCUT2D eigenvalue weighted by Gasteiger charge is 2.17. The zero-order chi connectivity index (χ0) is 13.7. The van der Waals surface area contributed by atoms with Crippen LogP contribution in [0.15, 0.2) is 5.16 Å². The van der Waals surface area contributed by atoms with E-state index in [4.69, 9.17) is 0 Å². The van der Waals surface area contributed by atoms with E-state index in [1.54, 1.807) is 0 Å². The fourth-order valence-corrected chi connectivity index (χ4v) is 2.40. The standard InChI is InChI=1S/C11H21N5OS/c1-6-12-9(17)7-18-11-14-13-10(15(4)5)16(11)8(2)3/h8H,6-7H2,1-5H3,(H,12,17). The van der Waals surface area contributed by atoms with E-state index in [1.165, 1.54) is 11.8 Å². The van der Waals surface area contributed by atoms with Crippen molar-refractivity contribution < 1.29 is 4.79 Å². The third kappa shape index (κ3) is 3.63. The van der Waals surface area contributed by atoms with Crippen molar-refractivity contribution in [3.05, 3.63) is 0 Å². The summed E-state index contributed by atoms with van der Waals surface area (Å²) in [5, 5.41) is 11.8. The lowest BCUT2D eigenvalue weighted by molar-refractivity contribution is -0.118. The molecule has 0 aromatic carbocycles. The lowest BCUT2D eigenvalue weighted by Crippen LogP contribution is -2.24. The van der Waals surface area contributed by atoms with Gasteiger partial charge in [-0.1, -0.05) is 11.8 Å². The van der Waals surface area contributed by atoms with E-state index in [0.29, 0.717) is 12.3 Å². The van der Waals surface area contributed by atoms with Gasteiger partial charge in [0.1, 0.15) is 0 Å². The SMILES string of the molecule is CCNC(=O)CSc1nnc(N(C)C)n1C(C)C. The molecule has 0 spiro atoms. The Hall–Kier alpha value is -1.24. The molecule has 102 valence electrons. The van der Waals surface area contributed by atoms with Gasteiger partial charge in [-0.3, -0.25) is 9.36 Å². The van der Waals surface area contributed by atoms with E-state index >= 15 is 0 Å². The highest BCUT2D eigenvalue weighted by atomic mass is 32.2. The third-order valence-electron chi connectivity index (χ3n) is 2.27. The number of aromatic nitrogens is 3. The summed E-state index contributed by atoms with van der Waals surface area (Å²) in [5.41, 5.74) is 0. The Morgan fingerprint density at radius 2 is 2.11 bits per heavy atom. The first-order valence-electron chi connectivity index (χ1n) is 5.99. The van der Waals surface area contributed by atoms with Crippen LogP contribution in [0, 0.1) is 0 Å². The van der Waals surface area contributed by atoms with Crippen molar-refractivity contribution in [2.24, 2.45) is 0 Å². The molecule has 7 heteroatoms. The molecule has 0 bridgehead atoms. The van der Waals surface area contributed by atoms with Crippen LogP contribution in [0.4, 0.5) is 5.95 Å². The van der Waals surface area contributed by atoms with E-state index in [9.17, 15) is 4.79 Å². The topological polar surface area (TPSA) is 63.1 Å². The van der Waals surface area contributed by atoms with Gasteiger partial charge in [-0.05, 0) is 20.8 Å². The molecule has 0 saturated heterocycles. The molecule has 18 heavy (non-hydrogen) atoms. The second-order valence-electron chi connectivity index (χ2n) is 4.38. The summed E-state index contributed by atoms with van der Waals surface area (Å²) in [6.07, 6.45) is 0. The quantitative estimate of drug-likeness (QED) is 0.786. The molecule has 1 aromatic rings. The monoisotopic (exact) mass is 271 g/mol. The Kier molecular flexibility index (Phi) is 5.46. The van der Waals surface area contributed by atoms with Crippen molar-refractivity contribution in [3.63, 3.8) is 0 Å². The van der Waals surface area contributed by atoms with Crippen molar-refractivity contribution in [1.82, 2.24) is 20.1 Å². The van der Waals surface area contributed by atoms with Crippen LogP contribution in [0.5, 0.6) is 0 Å². The minimum Gasteiger partial charge on any atom is -0.356 e. The number of carbonyl (C=O) groups excluding carboxylic acids is 1. The molecule has 1 N–H and O–H groups in total. The minimum absolute atomic E-state index is 0.0206. The maximum atomic E-state index is 11.4. The number of anilines is 1. The molecule has 0 saturated carbocycles. The number of rotatable bonds is 6. The summed E-state index contributed by atoms with van der Waals surface area (Å²) in [6.45, 7) is 6.71. The average Bonchev–Trinajstić information content (AvgIpc) is 2.70. The van der Waals surface area contributed by atoms with Crippen LogP contribution < -0.4 is 10.2 Å². The molecule has 0 unspecified atom stereocenters. The van der Waals surface area contributed by atoms with Crippen LogP contribution in [0.3, 0.4) is 0 Å². The summed E-state index contributed by atoms with van der Waals surface area (Å²) >= 11 is 1.41. The summed E-state index contributed by atoms with van der Waals surface area (Å²) in [5.74, 6) is 1.20. The van der Waals surface area contributed by atoms with Crippen LogP contribution in [-0.4, -0.2) is 47.1 Å². The summed E-state index contributed by atoms with van der Waals surface area (Å²) < 4.78 is 2.03. The number of amides is 1. The van der Waals surface area contributed by atoms with Gasteiger partial charge >= 0.3 is 0 Å². The third-order valence-corrected chi connectivity index (χ3v) is 3.21. The van der Waals surface area contributed by atoms with E-state index < -0.39 is 0 Å². The molecule has 0 aliphatic heterocycles. The first-order chi connectivity index (χ1) is 8.47. The molecule has 0 aliphatic carbocycles. The highest BCUT2D eigenvalue weighted by molar-refractivity contribution is 7.99. The van der Waals surface area contributed by atoms with Crippen LogP contribution in [0.2, 0.25) is 0 Å². The minimum atomic E-state index is 0.0206. The number of carbonyl (C=O) groups is 1. The van der Waals surface area contributed by atoms with Gasteiger partial charge in [0.2, 0.25) is 11.9 Å². The Labute approximate surface area is 112 Å². The number of thioether (sulfide) groups is 1. The highest BCUT2D eigenvalue weighted by Crippen LogP contribution is 2.24. The Bertz CT molecular complexity index is 402.